The van der Waals surface area contributed by atoms with Gasteiger partial charge in [-0.15, -0.1) is 0 Å². The average molecular weight is 352 g/mol. The summed E-state index contributed by atoms with van der Waals surface area (Å²) in [6.45, 7) is 4.58. The van der Waals surface area contributed by atoms with E-state index in [1.807, 2.05) is 37.3 Å². The molecule has 0 aromatic carbocycles. The van der Waals surface area contributed by atoms with E-state index in [9.17, 15) is 0 Å². The van der Waals surface area contributed by atoms with Crippen LogP contribution in [0, 0.1) is 6.92 Å². The van der Waals surface area contributed by atoms with E-state index in [1.165, 1.54) is 0 Å². The van der Waals surface area contributed by atoms with Crippen LogP contribution in [0.3, 0.4) is 0 Å². The molecule has 0 unspecified atom stereocenters. The molecule has 3 aromatic heterocycles. The highest BCUT2D eigenvalue weighted by Crippen LogP contribution is 2.24. The van der Waals surface area contributed by atoms with Crippen LogP contribution in [-0.4, -0.2) is 44.8 Å². The molecule has 4 rings (SSSR count). The minimum absolute atomic E-state index is 0.0359. The summed E-state index contributed by atoms with van der Waals surface area (Å²) >= 11 is 0. The highest BCUT2D eigenvalue weighted by atomic mass is 16.5. The van der Waals surface area contributed by atoms with Crippen molar-refractivity contribution >= 4 is 11.6 Å². The fourth-order valence-corrected chi connectivity index (χ4v) is 2.94. The van der Waals surface area contributed by atoms with Crippen molar-refractivity contribution in [3.63, 3.8) is 0 Å². The van der Waals surface area contributed by atoms with Gasteiger partial charge in [0.05, 0.1) is 24.9 Å². The third kappa shape index (κ3) is 3.87. The maximum absolute atomic E-state index is 5.67. The fraction of sp³-hybridized carbons (Fsp3) is 0.333. The van der Waals surface area contributed by atoms with E-state index in [-0.39, 0.29) is 6.04 Å². The van der Waals surface area contributed by atoms with Crippen molar-refractivity contribution < 1.29 is 9.26 Å². The summed E-state index contributed by atoms with van der Waals surface area (Å²) in [5.41, 5.74) is 0.900. The number of nitrogens with zero attached hydrogens (tertiary/aromatic N) is 5. The van der Waals surface area contributed by atoms with E-state index in [4.69, 9.17) is 9.26 Å². The molecular weight excluding hydrogens is 332 g/mol. The lowest BCUT2D eigenvalue weighted by Crippen LogP contribution is -2.40. The topological polar surface area (TPSA) is 89.2 Å². The molecule has 0 saturated carbocycles. The number of aryl methyl sites for hydroxylation is 1. The number of aromatic nitrogens is 4. The van der Waals surface area contributed by atoms with Gasteiger partial charge in [-0.2, -0.15) is 0 Å². The molecule has 1 fully saturated rings. The largest absolute Gasteiger partial charge is 0.378 e. The Kier molecular flexibility index (Phi) is 4.85. The number of morpholine rings is 1. The molecule has 134 valence electrons. The SMILES string of the molecule is Cc1cc(CN2CCOC[C@@H]2c2nccc(Nc3ccccn3)n2)no1. The summed E-state index contributed by atoms with van der Waals surface area (Å²) < 4.78 is 10.8. The Morgan fingerprint density at radius 2 is 2.15 bits per heavy atom. The van der Waals surface area contributed by atoms with Gasteiger partial charge in [0.2, 0.25) is 0 Å². The van der Waals surface area contributed by atoms with Crippen molar-refractivity contribution in [2.75, 3.05) is 25.1 Å². The van der Waals surface area contributed by atoms with Crippen LogP contribution in [0.2, 0.25) is 0 Å². The van der Waals surface area contributed by atoms with Gasteiger partial charge >= 0.3 is 0 Å². The molecule has 1 aliphatic heterocycles. The van der Waals surface area contributed by atoms with Crippen LogP contribution >= 0.6 is 0 Å². The predicted octanol–water partition coefficient (Wildman–Crippen LogP) is 2.49. The number of hydrogen-bond acceptors (Lipinski definition) is 8. The monoisotopic (exact) mass is 352 g/mol. The molecule has 8 heteroatoms. The van der Waals surface area contributed by atoms with Gasteiger partial charge in [-0.25, -0.2) is 15.0 Å². The van der Waals surface area contributed by atoms with Crippen molar-refractivity contribution in [3.05, 3.63) is 60.0 Å². The molecule has 0 aliphatic carbocycles. The molecule has 0 bridgehead atoms. The van der Waals surface area contributed by atoms with Gasteiger partial charge in [0.15, 0.2) is 0 Å². The molecule has 3 aromatic rings. The zero-order chi connectivity index (χ0) is 17.8. The minimum Gasteiger partial charge on any atom is -0.378 e. The first-order valence-electron chi connectivity index (χ1n) is 8.53. The number of rotatable bonds is 5. The first kappa shape index (κ1) is 16.6. The zero-order valence-corrected chi connectivity index (χ0v) is 14.5. The van der Waals surface area contributed by atoms with Gasteiger partial charge in [0.1, 0.15) is 23.2 Å². The first-order valence-corrected chi connectivity index (χ1v) is 8.53. The lowest BCUT2D eigenvalue weighted by atomic mass is 10.2. The molecule has 1 aliphatic rings. The van der Waals surface area contributed by atoms with Crippen LogP contribution in [0.15, 0.2) is 47.2 Å². The molecule has 4 heterocycles. The van der Waals surface area contributed by atoms with Gasteiger partial charge in [-0.3, -0.25) is 4.90 Å². The smallest absolute Gasteiger partial charge is 0.150 e. The van der Waals surface area contributed by atoms with Crippen molar-refractivity contribution in [1.82, 2.24) is 25.0 Å². The first-order chi connectivity index (χ1) is 12.8. The molecule has 1 atom stereocenters. The highest BCUT2D eigenvalue weighted by Gasteiger charge is 2.28. The Morgan fingerprint density at radius 3 is 2.96 bits per heavy atom. The maximum Gasteiger partial charge on any atom is 0.150 e. The van der Waals surface area contributed by atoms with E-state index in [2.05, 4.69) is 30.3 Å². The van der Waals surface area contributed by atoms with Gasteiger partial charge in [0, 0.05) is 31.5 Å². The van der Waals surface area contributed by atoms with Gasteiger partial charge in [-0.05, 0) is 25.1 Å². The summed E-state index contributed by atoms with van der Waals surface area (Å²) in [4.78, 5) is 15.7. The number of pyridine rings is 1. The second-order valence-corrected chi connectivity index (χ2v) is 6.13. The Hall–Kier alpha value is -2.84. The third-order valence-corrected chi connectivity index (χ3v) is 4.17. The average Bonchev–Trinajstić information content (AvgIpc) is 3.08. The Bertz CT molecular complexity index is 854. The van der Waals surface area contributed by atoms with E-state index in [0.717, 1.165) is 23.8 Å². The van der Waals surface area contributed by atoms with Crippen LogP contribution in [-0.2, 0) is 11.3 Å². The third-order valence-electron chi connectivity index (χ3n) is 4.17. The van der Waals surface area contributed by atoms with E-state index >= 15 is 0 Å². The van der Waals surface area contributed by atoms with Gasteiger partial charge in [-0.1, -0.05) is 11.2 Å². The molecule has 26 heavy (non-hydrogen) atoms. The number of anilines is 2. The second kappa shape index (κ2) is 7.59. The fourth-order valence-electron chi connectivity index (χ4n) is 2.94. The summed E-state index contributed by atoms with van der Waals surface area (Å²) in [6.07, 6.45) is 3.49. The summed E-state index contributed by atoms with van der Waals surface area (Å²) in [6, 6.07) is 9.43. The lowest BCUT2D eigenvalue weighted by Gasteiger charge is -2.33. The molecular formula is C18H20N6O2. The predicted molar refractivity (Wildman–Crippen MR) is 94.8 cm³/mol. The summed E-state index contributed by atoms with van der Waals surface area (Å²) in [5.74, 6) is 2.97. The molecule has 0 radical (unpaired) electrons. The summed E-state index contributed by atoms with van der Waals surface area (Å²) in [5, 5.41) is 7.29. The van der Waals surface area contributed by atoms with Crippen LogP contribution in [0.5, 0.6) is 0 Å². The van der Waals surface area contributed by atoms with Crippen LogP contribution in [0.25, 0.3) is 0 Å². The minimum atomic E-state index is -0.0359. The Morgan fingerprint density at radius 1 is 1.19 bits per heavy atom. The Labute approximate surface area is 151 Å². The van der Waals surface area contributed by atoms with E-state index in [0.29, 0.717) is 31.4 Å². The molecule has 1 saturated heterocycles. The van der Waals surface area contributed by atoms with Crippen molar-refractivity contribution in [1.29, 1.82) is 0 Å². The molecule has 1 N–H and O–H groups in total. The zero-order valence-electron chi connectivity index (χ0n) is 14.5. The number of hydrogen-bond donors (Lipinski definition) is 1. The maximum atomic E-state index is 5.67. The van der Waals surface area contributed by atoms with Crippen LogP contribution in [0.1, 0.15) is 23.3 Å². The number of ether oxygens (including phenoxy) is 1. The quantitative estimate of drug-likeness (QED) is 0.749. The van der Waals surface area contributed by atoms with Crippen molar-refractivity contribution in [3.8, 4) is 0 Å². The molecule has 8 nitrogen and oxygen atoms in total. The standard InChI is InChI=1S/C18H20N6O2/c1-13-10-14(23-26-13)11-24-8-9-25-12-15(24)18-20-7-5-17(22-18)21-16-4-2-3-6-19-16/h2-7,10,15H,8-9,11-12H2,1H3,(H,19,20,21,22)/t15-/m1/s1. The number of nitrogens with one attached hydrogen (secondary N) is 1. The van der Waals surface area contributed by atoms with E-state index < -0.39 is 0 Å². The second-order valence-electron chi connectivity index (χ2n) is 6.13. The molecule has 0 spiro atoms. The van der Waals surface area contributed by atoms with E-state index in [1.54, 1.807) is 12.4 Å². The molecule has 0 amide bonds. The van der Waals surface area contributed by atoms with Crippen molar-refractivity contribution in [2.45, 2.75) is 19.5 Å². The lowest BCUT2D eigenvalue weighted by molar-refractivity contribution is -0.0167. The highest BCUT2D eigenvalue weighted by molar-refractivity contribution is 5.50. The van der Waals surface area contributed by atoms with Gasteiger partial charge in [0.25, 0.3) is 0 Å². The van der Waals surface area contributed by atoms with Crippen LogP contribution < -0.4 is 5.32 Å². The van der Waals surface area contributed by atoms with Crippen LogP contribution in [0.4, 0.5) is 11.6 Å². The summed E-state index contributed by atoms with van der Waals surface area (Å²) in [7, 11) is 0. The van der Waals surface area contributed by atoms with Crippen molar-refractivity contribution in [2.24, 2.45) is 0 Å². The van der Waals surface area contributed by atoms with Gasteiger partial charge < -0.3 is 14.6 Å². The normalized spacial score (nSPS) is 18.0. The Balaban J connectivity index is 1.53.